The van der Waals surface area contributed by atoms with E-state index < -0.39 is 0 Å². The number of amides is 2. The molecule has 2 saturated heterocycles. The van der Waals surface area contributed by atoms with Gasteiger partial charge in [-0.25, -0.2) is 0 Å². The van der Waals surface area contributed by atoms with Crippen molar-refractivity contribution in [2.75, 3.05) is 43.9 Å². The van der Waals surface area contributed by atoms with Crippen LogP contribution in [-0.2, 0) is 20.9 Å². The van der Waals surface area contributed by atoms with Gasteiger partial charge in [0.1, 0.15) is 0 Å². The highest BCUT2D eigenvalue weighted by Crippen LogP contribution is 2.28. The Morgan fingerprint density at radius 3 is 2.65 bits per heavy atom. The number of aromatic nitrogens is 3. The minimum atomic E-state index is -0.0912. The Morgan fingerprint density at radius 1 is 1.19 bits per heavy atom. The zero-order valence-electron chi connectivity index (χ0n) is 18.6. The molecule has 0 aromatic carbocycles. The Labute approximate surface area is 188 Å². The summed E-state index contributed by atoms with van der Waals surface area (Å²) in [6.07, 6.45) is 6.68. The number of rotatable bonds is 9. The highest BCUT2D eigenvalue weighted by molar-refractivity contribution is 7.99. The fourth-order valence-electron chi connectivity index (χ4n) is 4.02. The van der Waals surface area contributed by atoms with E-state index in [1.165, 1.54) is 16.7 Å². The maximum Gasteiger partial charge on any atom is 0.239 e. The van der Waals surface area contributed by atoms with Gasteiger partial charge >= 0.3 is 0 Å². The average molecular weight is 451 g/mol. The van der Waals surface area contributed by atoms with Gasteiger partial charge in [-0.3, -0.25) is 14.2 Å². The third-order valence-electron chi connectivity index (χ3n) is 6.25. The molecule has 0 radical (unpaired) electrons. The second kappa shape index (κ2) is 10.2. The van der Waals surface area contributed by atoms with E-state index in [1.807, 2.05) is 0 Å². The van der Waals surface area contributed by atoms with E-state index in [9.17, 15) is 9.59 Å². The van der Waals surface area contributed by atoms with Crippen LogP contribution in [0.2, 0.25) is 0 Å². The van der Waals surface area contributed by atoms with Gasteiger partial charge in [-0.15, -0.1) is 10.2 Å². The molecule has 0 spiro atoms. The monoisotopic (exact) mass is 450 g/mol. The molecule has 2 amide bonds. The van der Waals surface area contributed by atoms with E-state index in [0.717, 1.165) is 75.2 Å². The quantitative estimate of drug-likeness (QED) is 0.570. The van der Waals surface area contributed by atoms with Gasteiger partial charge in [-0.1, -0.05) is 18.7 Å². The normalized spacial score (nSPS) is 22.0. The van der Waals surface area contributed by atoms with E-state index >= 15 is 0 Å². The van der Waals surface area contributed by atoms with Crippen LogP contribution >= 0.6 is 11.8 Å². The number of piperidine rings is 1. The molecule has 3 fully saturated rings. The van der Waals surface area contributed by atoms with Crippen LogP contribution in [0, 0.1) is 5.92 Å². The third kappa shape index (κ3) is 6.12. The second-order valence-corrected chi connectivity index (χ2v) is 10.0. The van der Waals surface area contributed by atoms with Gasteiger partial charge in [0.05, 0.1) is 24.9 Å². The van der Waals surface area contributed by atoms with Crippen molar-refractivity contribution >= 4 is 29.5 Å². The summed E-state index contributed by atoms with van der Waals surface area (Å²) < 4.78 is 7.99. The molecule has 31 heavy (non-hydrogen) atoms. The highest BCUT2D eigenvalue weighted by atomic mass is 32.2. The van der Waals surface area contributed by atoms with Crippen LogP contribution in [-0.4, -0.2) is 82.7 Å². The first kappa shape index (κ1) is 22.4. The number of likely N-dealkylation sites (N-methyl/N-ethyl adjacent to an activating group) is 1. The lowest BCUT2D eigenvalue weighted by molar-refractivity contribution is -0.132. The van der Waals surface area contributed by atoms with Crippen molar-refractivity contribution in [3.63, 3.8) is 0 Å². The minimum absolute atomic E-state index is 0.0871. The lowest BCUT2D eigenvalue weighted by Crippen LogP contribution is -2.39. The molecule has 9 nitrogen and oxygen atoms in total. The Bertz CT molecular complexity index is 769. The predicted octanol–water partition coefficient (Wildman–Crippen LogP) is 1.52. The summed E-state index contributed by atoms with van der Waals surface area (Å²) in [6, 6.07) is 0.304. The Balaban J connectivity index is 1.37. The van der Waals surface area contributed by atoms with E-state index in [1.54, 1.807) is 7.05 Å². The molecule has 10 heteroatoms. The van der Waals surface area contributed by atoms with Crippen LogP contribution in [0.15, 0.2) is 5.16 Å². The summed E-state index contributed by atoms with van der Waals surface area (Å²) in [6.45, 7) is 5.86. The lowest BCUT2D eigenvalue weighted by Gasteiger charge is -2.31. The molecule has 2 aliphatic heterocycles. The molecule has 1 saturated carbocycles. The van der Waals surface area contributed by atoms with Crippen molar-refractivity contribution in [2.24, 2.45) is 5.92 Å². The summed E-state index contributed by atoms with van der Waals surface area (Å²) in [5.74, 6) is 1.68. The van der Waals surface area contributed by atoms with E-state index in [-0.39, 0.29) is 30.2 Å². The number of hydrogen-bond acceptors (Lipinski definition) is 7. The molecule has 0 bridgehead atoms. The largest absolute Gasteiger partial charge is 0.376 e. The molecule has 1 aromatic heterocycles. The van der Waals surface area contributed by atoms with E-state index in [0.29, 0.717) is 12.6 Å². The van der Waals surface area contributed by atoms with Crippen LogP contribution in [0.25, 0.3) is 0 Å². The van der Waals surface area contributed by atoms with Gasteiger partial charge in [0.2, 0.25) is 17.8 Å². The summed E-state index contributed by atoms with van der Waals surface area (Å²) in [5.41, 5.74) is 0. The Kier molecular flexibility index (Phi) is 7.37. The predicted molar refractivity (Wildman–Crippen MR) is 119 cm³/mol. The van der Waals surface area contributed by atoms with E-state index in [2.05, 4.69) is 31.9 Å². The van der Waals surface area contributed by atoms with Crippen molar-refractivity contribution < 1.29 is 14.3 Å². The van der Waals surface area contributed by atoms with Gasteiger partial charge in [0, 0.05) is 32.8 Å². The topological polar surface area (TPSA) is 92.6 Å². The molecule has 1 atom stereocenters. The number of thioether (sulfide) groups is 1. The Morgan fingerprint density at radius 2 is 1.97 bits per heavy atom. The molecule has 172 valence electrons. The maximum atomic E-state index is 12.6. The standard InChI is InChI=1S/C21H34N6O3S/c1-15-7-9-26(10-8-15)20-23-24-21(27(20)12-17-4-3-11-30-17)31-14-19(29)25(2)13-18(28)22-16-5-6-16/h15-17H,3-14H2,1-2H3,(H,22,28). The summed E-state index contributed by atoms with van der Waals surface area (Å²) in [4.78, 5) is 28.4. The average Bonchev–Trinajstić information content (AvgIpc) is 3.24. The van der Waals surface area contributed by atoms with Crippen molar-refractivity contribution in [3.05, 3.63) is 0 Å². The van der Waals surface area contributed by atoms with Crippen molar-refractivity contribution in [1.29, 1.82) is 0 Å². The molecule has 1 N–H and O–H groups in total. The molecule has 3 heterocycles. The highest BCUT2D eigenvalue weighted by Gasteiger charge is 2.27. The first-order valence-electron chi connectivity index (χ1n) is 11.5. The number of carbonyl (C=O) groups is 2. The SMILES string of the molecule is CC1CCN(c2nnc(SCC(=O)N(C)CC(=O)NC3CC3)n2CC2CCCO2)CC1. The van der Waals surface area contributed by atoms with Crippen LogP contribution in [0.5, 0.6) is 0 Å². The van der Waals surface area contributed by atoms with E-state index in [4.69, 9.17) is 4.74 Å². The minimum Gasteiger partial charge on any atom is -0.376 e. The van der Waals surface area contributed by atoms with Gasteiger partial charge in [-0.05, 0) is 44.4 Å². The van der Waals surface area contributed by atoms with Gasteiger partial charge in [0.15, 0.2) is 5.16 Å². The second-order valence-electron chi connectivity index (χ2n) is 9.08. The number of nitrogens with zero attached hydrogens (tertiary/aromatic N) is 5. The van der Waals surface area contributed by atoms with Gasteiger partial charge in [0.25, 0.3) is 0 Å². The van der Waals surface area contributed by atoms with Crippen LogP contribution in [0.4, 0.5) is 5.95 Å². The molecule has 3 aliphatic rings. The molecule has 1 unspecified atom stereocenters. The molecule has 1 aromatic rings. The zero-order chi connectivity index (χ0) is 21.8. The third-order valence-corrected chi connectivity index (χ3v) is 7.20. The number of nitrogens with one attached hydrogen (secondary N) is 1. The van der Waals surface area contributed by atoms with Crippen LogP contribution < -0.4 is 10.2 Å². The lowest BCUT2D eigenvalue weighted by atomic mass is 10.00. The first-order valence-corrected chi connectivity index (χ1v) is 12.4. The molecule has 4 rings (SSSR count). The van der Waals surface area contributed by atoms with Crippen molar-refractivity contribution in [1.82, 2.24) is 25.0 Å². The number of ether oxygens (including phenoxy) is 1. The Hall–Kier alpha value is -1.81. The van der Waals surface area contributed by atoms with Crippen molar-refractivity contribution in [2.45, 2.75) is 69.3 Å². The summed E-state index contributed by atoms with van der Waals surface area (Å²) in [5, 5.41) is 12.6. The van der Waals surface area contributed by atoms with Crippen LogP contribution in [0.1, 0.15) is 45.4 Å². The maximum absolute atomic E-state index is 12.6. The van der Waals surface area contributed by atoms with Gasteiger partial charge in [-0.2, -0.15) is 0 Å². The number of hydrogen-bond donors (Lipinski definition) is 1. The van der Waals surface area contributed by atoms with Crippen LogP contribution in [0.3, 0.4) is 0 Å². The zero-order valence-corrected chi connectivity index (χ0v) is 19.4. The molecular formula is C21H34N6O3S. The first-order chi connectivity index (χ1) is 15.0. The fourth-order valence-corrected chi connectivity index (χ4v) is 4.91. The summed E-state index contributed by atoms with van der Waals surface area (Å²) in [7, 11) is 1.67. The number of anilines is 1. The molecule has 1 aliphatic carbocycles. The van der Waals surface area contributed by atoms with Gasteiger partial charge < -0.3 is 19.9 Å². The summed E-state index contributed by atoms with van der Waals surface area (Å²) >= 11 is 1.39. The van der Waals surface area contributed by atoms with Crippen molar-refractivity contribution in [3.8, 4) is 0 Å². The smallest absolute Gasteiger partial charge is 0.239 e. The number of carbonyl (C=O) groups excluding carboxylic acids is 2. The fraction of sp³-hybridized carbons (Fsp3) is 0.810. The molecular weight excluding hydrogens is 416 g/mol.